The summed E-state index contributed by atoms with van der Waals surface area (Å²) in [5.74, 6) is -0.00550. The summed E-state index contributed by atoms with van der Waals surface area (Å²) in [5, 5.41) is 6.03. The molecule has 3 rings (SSSR count). The molecule has 1 aromatic heterocycles. The lowest BCUT2D eigenvalue weighted by molar-refractivity contribution is -0.117. The molecule has 0 spiro atoms. The Labute approximate surface area is 115 Å². The highest BCUT2D eigenvalue weighted by atomic mass is 16.2. The minimum atomic E-state index is -0.183. The Hall–Kier alpha value is -2.34. The first kappa shape index (κ1) is 12.7. The lowest BCUT2D eigenvalue weighted by Gasteiger charge is -2.11. The monoisotopic (exact) mass is 272 g/mol. The number of hydrogen-bond donors (Lipinski definition) is 3. The van der Waals surface area contributed by atoms with E-state index in [1.54, 1.807) is 36.7 Å². The number of aromatic nitrogens is 2. The third-order valence-electron chi connectivity index (χ3n) is 3.44. The minimum absolute atomic E-state index is 0.00550. The summed E-state index contributed by atoms with van der Waals surface area (Å²) in [4.78, 5) is 26.0. The van der Waals surface area contributed by atoms with Gasteiger partial charge in [-0.25, -0.2) is 4.79 Å². The minimum Gasteiger partial charge on any atom is -0.325 e. The molecule has 1 aliphatic rings. The number of aromatic amines is 1. The topological polar surface area (TPSA) is 78.9 Å². The fourth-order valence-electron chi connectivity index (χ4n) is 2.37. The average molecular weight is 272 g/mol. The Morgan fingerprint density at radius 3 is 2.70 bits per heavy atom. The first-order valence-electron chi connectivity index (χ1n) is 6.65. The van der Waals surface area contributed by atoms with Gasteiger partial charge in [-0.3, -0.25) is 9.36 Å². The Kier molecular flexibility index (Phi) is 3.39. The number of rotatable bonds is 3. The van der Waals surface area contributed by atoms with E-state index < -0.39 is 0 Å². The number of nitrogens with one attached hydrogen (secondary N) is 3. The smallest absolute Gasteiger partial charge is 0.325 e. The van der Waals surface area contributed by atoms with Crippen molar-refractivity contribution in [2.75, 3.05) is 11.9 Å². The highest BCUT2D eigenvalue weighted by molar-refractivity contribution is 5.95. The summed E-state index contributed by atoms with van der Waals surface area (Å²) in [5.41, 5.74) is 1.31. The summed E-state index contributed by atoms with van der Waals surface area (Å²) in [6.07, 6.45) is 5.16. The van der Waals surface area contributed by atoms with Crippen LogP contribution in [0, 0.1) is 0 Å². The molecule has 104 valence electrons. The van der Waals surface area contributed by atoms with Gasteiger partial charge in [-0.05, 0) is 43.7 Å². The number of benzene rings is 1. The van der Waals surface area contributed by atoms with Crippen molar-refractivity contribution in [3.63, 3.8) is 0 Å². The van der Waals surface area contributed by atoms with Gasteiger partial charge < -0.3 is 15.6 Å². The molecule has 20 heavy (non-hydrogen) atoms. The molecule has 2 heterocycles. The van der Waals surface area contributed by atoms with E-state index in [1.165, 1.54) is 4.57 Å². The molecule has 3 N–H and O–H groups in total. The number of H-pyrrole nitrogens is 1. The summed E-state index contributed by atoms with van der Waals surface area (Å²) in [6, 6.07) is 7.09. The van der Waals surface area contributed by atoms with Gasteiger partial charge in [0.2, 0.25) is 5.91 Å². The van der Waals surface area contributed by atoms with Gasteiger partial charge in [-0.15, -0.1) is 0 Å². The van der Waals surface area contributed by atoms with Gasteiger partial charge in [0, 0.05) is 18.1 Å². The molecule has 1 fully saturated rings. The van der Waals surface area contributed by atoms with E-state index in [0.29, 0.717) is 0 Å². The SMILES string of the molecule is O=C(Nc1ccc(-n2cc[nH]c2=O)cc1)[C@@H]1CCCN1. The van der Waals surface area contributed by atoms with Crippen molar-refractivity contribution in [1.82, 2.24) is 14.9 Å². The highest BCUT2D eigenvalue weighted by Gasteiger charge is 2.21. The molecule has 0 bridgehead atoms. The average Bonchev–Trinajstić information content (AvgIpc) is 3.11. The third-order valence-corrected chi connectivity index (χ3v) is 3.44. The maximum Gasteiger partial charge on any atom is 0.330 e. The van der Waals surface area contributed by atoms with E-state index in [9.17, 15) is 9.59 Å². The molecule has 6 nitrogen and oxygen atoms in total. The second-order valence-electron chi connectivity index (χ2n) is 4.82. The predicted octanol–water partition coefficient (Wildman–Crippen LogP) is 0.856. The molecule has 1 atom stereocenters. The largest absolute Gasteiger partial charge is 0.330 e. The van der Waals surface area contributed by atoms with Crippen LogP contribution < -0.4 is 16.3 Å². The van der Waals surface area contributed by atoms with Crippen LogP contribution in [0.3, 0.4) is 0 Å². The number of nitrogens with zero attached hydrogens (tertiary/aromatic N) is 1. The number of amides is 1. The molecular formula is C14H16N4O2. The van der Waals surface area contributed by atoms with Crippen LogP contribution in [0.4, 0.5) is 5.69 Å². The Balaban J connectivity index is 1.71. The number of anilines is 1. The van der Waals surface area contributed by atoms with E-state index in [-0.39, 0.29) is 17.6 Å². The molecule has 0 saturated carbocycles. The van der Waals surface area contributed by atoms with E-state index in [4.69, 9.17) is 0 Å². The van der Waals surface area contributed by atoms with Crippen molar-refractivity contribution in [3.05, 3.63) is 47.1 Å². The lowest BCUT2D eigenvalue weighted by atomic mass is 10.2. The van der Waals surface area contributed by atoms with E-state index >= 15 is 0 Å². The fraction of sp³-hybridized carbons (Fsp3) is 0.286. The third kappa shape index (κ3) is 2.50. The zero-order valence-corrected chi connectivity index (χ0v) is 10.9. The van der Waals surface area contributed by atoms with Gasteiger partial charge in [0.15, 0.2) is 0 Å². The summed E-state index contributed by atoms with van der Waals surface area (Å²) in [6.45, 7) is 0.896. The zero-order chi connectivity index (χ0) is 13.9. The van der Waals surface area contributed by atoms with Crippen LogP contribution in [-0.4, -0.2) is 28.0 Å². The summed E-state index contributed by atoms with van der Waals surface area (Å²) in [7, 11) is 0. The van der Waals surface area contributed by atoms with Crippen molar-refractivity contribution in [2.45, 2.75) is 18.9 Å². The highest BCUT2D eigenvalue weighted by Crippen LogP contribution is 2.14. The van der Waals surface area contributed by atoms with E-state index in [0.717, 1.165) is 30.8 Å². The fourth-order valence-corrected chi connectivity index (χ4v) is 2.37. The Bertz CT molecular complexity index is 650. The molecule has 6 heteroatoms. The molecule has 1 aliphatic heterocycles. The van der Waals surface area contributed by atoms with Gasteiger partial charge in [0.25, 0.3) is 0 Å². The van der Waals surface area contributed by atoms with Crippen LogP contribution in [0.5, 0.6) is 0 Å². The summed E-state index contributed by atoms with van der Waals surface area (Å²) < 4.78 is 1.50. The van der Waals surface area contributed by atoms with Gasteiger partial charge in [0.05, 0.1) is 11.7 Å². The van der Waals surface area contributed by atoms with Crippen molar-refractivity contribution in [2.24, 2.45) is 0 Å². The number of carbonyl (C=O) groups excluding carboxylic acids is 1. The Morgan fingerprint density at radius 2 is 2.10 bits per heavy atom. The maximum absolute atomic E-state index is 11.9. The van der Waals surface area contributed by atoms with Crippen LogP contribution in [0.1, 0.15) is 12.8 Å². The lowest BCUT2D eigenvalue weighted by Crippen LogP contribution is -2.35. The van der Waals surface area contributed by atoms with Crippen molar-refractivity contribution in [1.29, 1.82) is 0 Å². The first-order valence-corrected chi connectivity index (χ1v) is 6.65. The molecule has 1 amide bonds. The Morgan fingerprint density at radius 1 is 1.30 bits per heavy atom. The van der Waals surface area contributed by atoms with Crippen LogP contribution in [0.2, 0.25) is 0 Å². The van der Waals surface area contributed by atoms with Gasteiger partial charge in [-0.1, -0.05) is 0 Å². The normalized spacial score (nSPS) is 18.1. The predicted molar refractivity (Wildman–Crippen MR) is 76.0 cm³/mol. The molecule has 0 aliphatic carbocycles. The number of imidazole rings is 1. The van der Waals surface area contributed by atoms with Crippen LogP contribution >= 0.6 is 0 Å². The molecule has 1 aromatic carbocycles. The van der Waals surface area contributed by atoms with Crippen molar-refractivity contribution >= 4 is 11.6 Å². The molecule has 0 unspecified atom stereocenters. The molecule has 2 aromatic rings. The first-order chi connectivity index (χ1) is 9.74. The number of carbonyl (C=O) groups is 1. The van der Waals surface area contributed by atoms with Crippen LogP contribution in [0.25, 0.3) is 5.69 Å². The van der Waals surface area contributed by atoms with Crippen LogP contribution in [0.15, 0.2) is 41.5 Å². The maximum atomic E-state index is 11.9. The molecule has 0 radical (unpaired) electrons. The number of hydrogen-bond acceptors (Lipinski definition) is 3. The molecular weight excluding hydrogens is 256 g/mol. The van der Waals surface area contributed by atoms with Gasteiger partial charge >= 0.3 is 5.69 Å². The van der Waals surface area contributed by atoms with Gasteiger partial charge in [-0.2, -0.15) is 0 Å². The summed E-state index contributed by atoms with van der Waals surface area (Å²) >= 11 is 0. The van der Waals surface area contributed by atoms with Crippen molar-refractivity contribution in [3.8, 4) is 5.69 Å². The van der Waals surface area contributed by atoms with Crippen LogP contribution in [-0.2, 0) is 4.79 Å². The van der Waals surface area contributed by atoms with E-state index in [1.807, 2.05) is 0 Å². The molecule has 1 saturated heterocycles. The van der Waals surface area contributed by atoms with Crippen molar-refractivity contribution < 1.29 is 4.79 Å². The van der Waals surface area contributed by atoms with Gasteiger partial charge in [0.1, 0.15) is 0 Å². The zero-order valence-electron chi connectivity index (χ0n) is 10.9. The second kappa shape index (κ2) is 5.34. The standard InChI is InChI=1S/C14H16N4O2/c19-13(12-2-1-7-15-12)17-10-3-5-11(6-4-10)18-9-8-16-14(18)20/h3-6,8-9,12,15H,1-2,7H2,(H,16,20)(H,17,19)/t12-/m0/s1. The van der Waals surface area contributed by atoms with E-state index in [2.05, 4.69) is 15.6 Å². The quantitative estimate of drug-likeness (QED) is 0.775. The second-order valence-corrected chi connectivity index (χ2v) is 4.82.